The number of anilines is 1. The van der Waals surface area contributed by atoms with Gasteiger partial charge >= 0.3 is 11.9 Å². The predicted molar refractivity (Wildman–Crippen MR) is 106 cm³/mol. The van der Waals surface area contributed by atoms with Gasteiger partial charge in [-0.15, -0.1) is 0 Å². The number of aliphatic hydroxyl groups is 1. The van der Waals surface area contributed by atoms with Gasteiger partial charge in [-0.05, 0) is 17.7 Å². The number of nitrogens with one attached hydrogen (secondary N) is 2. The highest BCUT2D eigenvalue weighted by Gasteiger charge is 2.23. The van der Waals surface area contributed by atoms with Gasteiger partial charge in [0.05, 0.1) is 19.3 Å². The van der Waals surface area contributed by atoms with E-state index in [-0.39, 0.29) is 25.1 Å². The number of hydrogen-bond donors (Lipinski definition) is 3. The number of ether oxygens (including phenoxy) is 2. The lowest BCUT2D eigenvalue weighted by Gasteiger charge is -2.17. The fourth-order valence-electron chi connectivity index (χ4n) is 2.64. The van der Waals surface area contributed by atoms with Crippen molar-refractivity contribution in [2.24, 2.45) is 0 Å². The lowest BCUT2D eigenvalue weighted by Crippen LogP contribution is -2.44. The zero-order valence-corrected chi connectivity index (χ0v) is 16.1. The van der Waals surface area contributed by atoms with E-state index in [2.05, 4.69) is 10.6 Å². The summed E-state index contributed by atoms with van der Waals surface area (Å²) in [4.78, 5) is 36.5. The summed E-state index contributed by atoms with van der Waals surface area (Å²) in [7, 11) is 1.24. The van der Waals surface area contributed by atoms with E-state index < -0.39 is 30.5 Å². The zero-order valence-electron chi connectivity index (χ0n) is 16.1. The number of carbonyl (C=O) groups is 3. The monoisotopic (exact) mass is 400 g/mol. The van der Waals surface area contributed by atoms with E-state index in [1.807, 2.05) is 30.3 Å². The minimum atomic E-state index is -0.896. The molecule has 8 nitrogen and oxygen atoms in total. The Labute approximate surface area is 168 Å². The summed E-state index contributed by atoms with van der Waals surface area (Å²) in [5.41, 5.74) is 1.58. The number of amides is 1. The topological polar surface area (TPSA) is 114 Å². The van der Waals surface area contributed by atoms with Crippen LogP contribution in [0.15, 0.2) is 54.6 Å². The van der Waals surface area contributed by atoms with Crippen LogP contribution in [0.3, 0.4) is 0 Å². The molecule has 1 amide bonds. The van der Waals surface area contributed by atoms with Gasteiger partial charge in [-0.1, -0.05) is 42.5 Å². The van der Waals surface area contributed by atoms with Gasteiger partial charge in [0.2, 0.25) is 0 Å². The molecule has 2 aromatic carbocycles. The molecule has 1 unspecified atom stereocenters. The third-order valence-electron chi connectivity index (χ3n) is 4.01. The van der Waals surface area contributed by atoms with Gasteiger partial charge in [-0.25, -0.2) is 9.59 Å². The van der Waals surface area contributed by atoms with Crippen molar-refractivity contribution < 1.29 is 29.0 Å². The largest absolute Gasteiger partial charge is 0.467 e. The number of esters is 2. The Balaban J connectivity index is 1.95. The van der Waals surface area contributed by atoms with Crippen LogP contribution < -0.4 is 10.6 Å². The highest BCUT2D eigenvalue weighted by atomic mass is 16.5. The summed E-state index contributed by atoms with van der Waals surface area (Å²) in [6, 6.07) is 14.9. The van der Waals surface area contributed by atoms with Gasteiger partial charge in [0.1, 0.15) is 6.04 Å². The molecule has 0 aliphatic heterocycles. The maximum atomic E-state index is 12.3. The first kappa shape index (κ1) is 21.9. The van der Waals surface area contributed by atoms with Crippen molar-refractivity contribution in [3.8, 4) is 0 Å². The molecule has 3 N–H and O–H groups in total. The first-order valence-electron chi connectivity index (χ1n) is 9.07. The average molecular weight is 400 g/mol. The van der Waals surface area contributed by atoms with E-state index in [0.717, 1.165) is 5.56 Å². The third-order valence-corrected chi connectivity index (χ3v) is 4.01. The van der Waals surface area contributed by atoms with Gasteiger partial charge in [0.25, 0.3) is 5.91 Å². The molecule has 0 fully saturated rings. The van der Waals surface area contributed by atoms with Crippen molar-refractivity contribution in [3.05, 3.63) is 65.7 Å². The Bertz CT molecular complexity index is 825. The van der Waals surface area contributed by atoms with Crippen molar-refractivity contribution in [1.82, 2.24) is 5.32 Å². The van der Waals surface area contributed by atoms with Gasteiger partial charge in [-0.2, -0.15) is 0 Å². The second-order valence-corrected chi connectivity index (χ2v) is 6.11. The Hall–Kier alpha value is -3.39. The molecule has 29 heavy (non-hydrogen) atoms. The van der Waals surface area contributed by atoms with E-state index in [9.17, 15) is 14.4 Å². The molecule has 0 aliphatic rings. The molecule has 0 aromatic heterocycles. The molecule has 154 valence electrons. The standard InChI is InChI=1S/C21H24N2O6/c1-28-21(27)18(13-15-7-3-2-4-8-15)23-19(25)14-29-20(26)16-9-5-6-10-17(16)22-11-12-24/h2-10,18,22,24H,11-14H2,1H3,(H,23,25). The van der Waals surface area contributed by atoms with Crippen LogP contribution in [0.1, 0.15) is 15.9 Å². The molecule has 2 aromatic rings. The third kappa shape index (κ3) is 6.93. The van der Waals surface area contributed by atoms with Crippen LogP contribution in [0.2, 0.25) is 0 Å². The maximum Gasteiger partial charge on any atom is 0.340 e. The molecule has 1 atom stereocenters. The molecule has 0 saturated heterocycles. The van der Waals surface area contributed by atoms with E-state index in [4.69, 9.17) is 14.6 Å². The van der Waals surface area contributed by atoms with Crippen LogP contribution in [0.25, 0.3) is 0 Å². The summed E-state index contributed by atoms with van der Waals surface area (Å²) in [6.07, 6.45) is 0.251. The summed E-state index contributed by atoms with van der Waals surface area (Å²) in [5, 5.41) is 14.4. The maximum absolute atomic E-state index is 12.3. The molecular weight excluding hydrogens is 376 g/mol. The average Bonchev–Trinajstić information content (AvgIpc) is 2.76. The van der Waals surface area contributed by atoms with Gasteiger partial charge in [-0.3, -0.25) is 4.79 Å². The van der Waals surface area contributed by atoms with Gasteiger partial charge in [0.15, 0.2) is 6.61 Å². The molecule has 0 saturated carbocycles. The quantitative estimate of drug-likeness (QED) is 0.513. The summed E-state index contributed by atoms with van der Waals surface area (Å²) >= 11 is 0. The second-order valence-electron chi connectivity index (χ2n) is 6.11. The first-order chi connectivity index (χ1) is 14.0. The number of para-hydroxylation sites is 1. The number of rotatable bonds is 10. The molecule has 2 rings (SSSR count). The normalized spacial score (nSPS) is 11.2. The van der Waals surface area contributed by atoms with Crippen LogP contribution in [-0.2, 0) is 25.5 Å². The molecule has 0 bridgehead atoms. The highest BCUT2D eigenvalue weighted by molar-refractivity contribution is 5.97. The fraction of sp³-hybridized carbons (Fsp3) is 0.286. The number of benzene rings is 2. The van der Waals surface area contributed by atoms with E-state index in [1.54, 1.807) is 24.3 Å². The van der Waals surface area contributed by atoms with Crippen molar-refractivity contribution in [2.75, 3.05) is 32.2 Å². The predicted octanol–water partition coefficient (Wildman–Crippen LogP) is 1.15. The Morgan fingerprint density at radius 1 is 1.03 bits per heavy atom. The Morgan fingerprint density at radius 2 is 1.72 bits per heavy atom. The van der Waals surface area contributed by atoms with Crippen molar-refractivity contribution in [3.63, 3.8) is 0 Å². The number of hydrogen-bond acceptors (Lipinski definition) is 7. The van der Waals surface area contributed by atoms with Crippen LogP contribution in [0, 0.1) is 0 Å². The minimum Gasteiger partial charge on any atom is -0.467 e. The van der Waals surface area contributed by atoms with Crippen molar-refractivity contribution in [2.45, 2.75) is 12.5 Å². The number of carbonyl (C=O) groups excluding carboxylic acids is 3. The molecule has 0 spiro atoms. The van der Waals surface area contributed by atoms with E-state index >= 15 is 0 Å². The van der Waals surface area contributed by atoms with E-state index in [0.29, 0.717) is 5.69 Å². The van der Waals surface area contributed by atoms with Gasteiger partial charge in [0, 0.05) is 18.7 Å². The van der Waals surface area contributed by atoms with Crippen molar-refractivity contribution in [1.29, 1.82) is 0 Å². The fourth-order valence-corrected chi connectivity index (χ4v) is 2.64. The zero-order chi connectivity index (χ0) is 21.1. The lowest BCUT2D eigenvalue weighted by atomic mass is 10.1. The summed E-state index contributed by atoms with van der Waals surface area (Å²) in [6.45, 7) is -0.372. The SMILES string of the molecule is COC(=O)C(Cc1ccccc1)NC(=O)COC(=O)c1ccccc1NCCO. The van der Waals surface area contributed by atoms with E-state index in [1.165, 1.54) is 7.11 Å². The van der Waals surface area contributed by atoms with Crippen LogP contribution in [-0.4, -0.2) is 55.9 Å². The highest BCUT2D eigenvalue weighted by Crippen LogP contribution is 2.15. The summed E-state index contributed by atoms with van der Waals surface area (Å²) in [5.74, 6) is -1.91. The number of methoxy groups -OCH3 is 1. The molecular formula is C21H24N2O6. The number of aliphatic hydroxyl groups excluding tert-OH is 1. The molecule has 0 radical (unpaired) electrons. The smallest absolute Gasteiger partial charge is 0.340 e. The van der Waals surface area contributed by atoms with Crippen LogP contribution in [0.4, 0.5) is 5.69 Å². The second kappa shape index (κ2) is 11.5. The lowest BCUT2D eigenvalue weighted by molar-refractivity contribution is -0.145. The van der Waals surface area contributed by atoms with Crippen LogP contribution >= 0.6 is 0 Å². The van der Waals surface area contributed by atoms with Crippen molar-refractivity contribution >= 4 is 23.5 Å². The minimum absolute atomic E-state index is 0.0951. The Morgan fingerprint density at radius 3 is 2.41 bits per heavy atom. The molecule has 0 heterocycles. The molecule has 0 aliphatic carbocycles. The van der Waals surface area contributed by atoms with Gasteiger partial charge < -0.3 is 25.2 Å². The molecule has 8 heteroatoms. The summed E-state index contributed by atoms with van der Waals surface area (Å²) < 4.78 is 9.81. The first-order valence-corrected chi connectivity index (χ1v) is 9.07. The Kier molecular flexibility index (Phi) is 8.65. The van der Waals surface area contributed by atoms with Crippen LogP contribution in [0.5, 0.6) is 0 Å².